The van der Waals surface area contributed by atoms with Crippen LogP contribution in [0.15, 0.2) is 102 Å². The summed E-state index contributed by atoms with van der Waals surface area (Å²) in [6.07, 6.45) is 2.25. The summed E-state index contributed by atoms with van der Waals surface area (Å²) in [6, 6.07) is 24.1. The first-order valence-corrected chi connectivity index (χ1v) is 23.7. The average Bonchev–Trinajstić information content (AvgIpc) is 3.85. The fraction of sp³-hybridized carbons (Fsp3) is 0.333. The number of nitrogens with one attached hydrogen (secondary N) is 5. The molecule has 1 aromatic heterocycles. The van der Waals surface area contributed by atoms with Crippen molar-refractivity contribution < 1.29 is 46.7 Å². The van der Waals surface area contributed by atoms with E-state index in [1.165, 1.54) is 18.2 Å². The van der Waals surface area contributed by atoms with Crippen molar-refractivity contribution in [2.24, 2.45) is 0 Å². The number of nitrogens with zero attached hydrogens (tertiary/aromatic N) is 3. The number of aryl methyl sites for hydroxylation is 1. The van der Waals surface area contributed by atoms with Crippen molar-refractivity contribution in [1.29, 1.82) is 0 Å². The van der Waals surface area contributed by atoms with Gasteiger partial charge in [0.25, 0.3) is 11.8 Å². The van der Waals surface area contributed by atoms with Crippen LogP contribution in [0.3, 0.4) is 0 Å². The maximum Gasteiger partial charge on any atom is 0.264 e. The summed E-state index contributed by atoms with van der Waals surface area (Å²) >= 11 is 0. The molecule has 350 valence electrons. The van der Waals surface area contributed by atoms with Crippen LogP contribution in [0.5, 0.6) is 0 Å². The van der Waals surface area contributed by atoms with Gasteiger partial charge in [-0.1, -0.05) is 42.0 Å². The predicted octanol–water partition coefficient (Wildman–Crippen LogP) is 3.59. The highest BCUT2D eigenvalue weighted by molar-refractivity contribution is 7.89. The molecule has 5 N–H and O–H groups in total. The maximum absolute atomic E-state index is 13.8. The Balaban J connectivity index is 0.738. The minimum Gasteiger partial charge on any atom is -0.382 e. The summed E-state index contributed by atoms with van der Waals surface area (Å²) in [7, 11) is -4.03. The smallest absolute Gasteiger partial charge is 0.264 e. The minimum atomic E-state index is -4.03. The Kier molecular flexibility index (Phi) is 14.4. The molecule has 2 saturated heterocycles. The summed E-state index contributed by atoms with van der Waals surface area (Å²) in [5, 5.41) is 9.13. The molecule has 19 heteroatoms. The van der Waals surface area contributed by atoms with Gasteiger partial charge in [-0.15, -0.1) is 0 Å². The van der Waals surface area contributed by atoms with Crippen LogP contribution in [0.25, 0.3) is 10.9 Å². The number of piperidine rings is 1. The van der Waals surface area contributed by atoms with Gasteiger partial charge in [-0.25, -0.2) is 8.42 Å². The first-order chi connectivity index (χ1) is 32.4. The van der Waals surface area contributed by atoms with E-state index < -0.39 is 51.6 Å². The van der Waals surface area contributed by atoms with Gasteiger partial charge in [-0.2, -0.15) is 4.72 Å². The highest BCUT2D eigenvalue weighted by Crippen LogP contribution is 2.32. The number of H-pyrrole nitrogens is 1. The van der Waals surface area contributed by atoms with E-state index in [1.54, 1.807) is 42.6 Å². The number of amides is 6. The topological polar surface area (TPSA) is 229 Å². The lowest BCUT2D eigenvalue weighted by atomic mass is 10.0. The van der Waals surface area contributed by atoms with E-state index in [9.17, 15) is 37.2 Å². The second kappa shape index (κ2) is 20.7. The molecule has 4 heterocycles. The Morgan fingerprint density at radius 3 is 2.30 bits per heavy atom. The monoisotopic (exact) mass is 932 g/mol. The fourth-order valence-corrected chi connectivity index (χ4v) is 9.64. The molecule has 8 rings (SSSR count). The number of hydrogen-bond acceptors (Lipinski definition) is 12. The number of hydrogen-bond donors (Lipinski definition) is 5. The molecule has 4 aromatic carbocycles. The molecule has 18 nitrogen and oxygen atoms in total. The third-order valence-corrected chi connectivity index (χ3v) is 13.5. The van der Waals surface area contributed by atoms with Crippen LogP contribution in [0.1, 0.15) is 51.1 Å². The van der Waals surface area contributed by atoms with Crippen molar-refractivity contribution in [3.8, 4) is 0 Å². The number of aromatic nitrogens is 1. The van der Waals surface area contributed by atoms with Crippen LogP contribution < -0.4 is 25.6 Å². The Hall–Kier alpha value is -6.93. The van der Waals surface area contributed by atoms with Crippen LogP contribution in [-0.2, 0) is 45.1 Å². The fourth-order valence-electron chi connectivity index (χ4n) is 8.44. The normalized spacial score (nSPS) is 16.9. The number of aromatic amines is 1. The van der Waals surface area contributed by atoms with E-state index in [-0.39, 0.29) is 74.0 Å². The van der Waals surface area contributed by atoms with Gasteiger partial charge in [0.2, 0.25) is 33.7 Å². The quantitative estimate of drug-likeness (QED) is 0.0592. The molecule has 3 aliphatic heterocycles. The largest absolute Gasteiger partial charge is 0.382 e. The molecule has 0 aliphatic carbocycles. The van der Waals surface area contributed by atoms with Gasteiger partial charge in [0.05, 0.1) is 48.9 Å². The second-order valence-corrected chi connectivity index (χ2v) is 18.2. The number of fused-ring (bicyclic) bond motifs is 2. The Morgan fingerprint density at radius 1 is 0.821 bits per heavy atom. The number of carbonyl (C=O) groups is 6. The van der Waals surface area contributed by atoms with Crippen molar-refractivity contribution >= 4 is 73.4 Å². The molecule has 2 atom stereocenters. The number of anilines is 3. The lowest BCUT2D eigenvalue weighted by Crippen LogP contribution is -2.54. The molecule has 0 radical (unpaired) electrons. The minimum absolute atomic E-state index is 0.0115. The van der Waals surface area contributed by atoms with E-state index >= 15 is 0 Å². The lowest BCUT2D eigenvalue weighted by molar-refractivity contribution is -0.136. The van der Waals surface area contributed by atoms with Crippen LogP contribution in [0, 0.1) is 6.92 Å². The van der Waals surface area contributed by atoms with Crippen molar-refractivity contribution in [2.45, 2.75) is 49.6 Å². The first-order valence-electron chi connectivity index (χ1n) is 22.2. The number of sulfonamides is 1. The van der Waals surface area contributed by atoms with E-state index in [1.807, 2.05) is 48.2 Å². The molecule has 3 aliphatic rings. The van der Waals surface area contributed by atoms with Gasteiger partial charge >= 0.3 is 0 Å². The van der Waals surface area contributed by atoms with E-state index in [0.717, 1.165) is 32.6 Å². The summed E-state index contributed by atoms with van der Waals surface area (Å²) in [5.41, 5.74) is 4.84. The van der Waals surface area contributed by atoms with Gasteiger partial charge in [0.1, 0.15) is 12.1 Å². The Morgan fingerprint density at radius 2 is 1.55 bits per heavy atom. The SMILES string of the molecule is Cc1ccc(S(=O)(=O)N[C@@H](Cc2c[nH]c3ccccc23)C(=O)Nc2ccc(N3CCN(C(=O)CCOCCOCCNc4cccc5c4C(=O)N(C4CCC(=O)NC4=O)C5=O)CC3)cc2)cc1. The zero-order valence-corrected chi connectivity index (χ0v) is 37.7. The lowest BCUT2D eigenvalue weighted by Gasteiger charge is -2.36. The molecule has 1 unspecified atom stereocenters. The van der Waals surface area contributed by atoms with Crippen LogP contribution in [0.4, 0.5) is 17.1 Å². The Bertz CT molecular complexity index is 2770. The first kappa shape index (κ1) is 46.6. The third-order valence-electron chi connectivity index (χ3n) is 12.0. The van der Waals surface area contributed by atoms with Crippen LogP contribution >= 0.6 is 0 Å². The van der Waals surface area contributed by atoms with Gasteiger partial charge in [-0.3, -0.25) is 39.0 Å². The molecule has 5 aromatic rings. The summed E-state index contributed by atoms with van der Waals surface area (Å²) in [5.74, 6) is -2.78. The molecule has 0 saturated carbocycles. The van der Waals surface area contributed by atoms with Crippen molar-refractivity contribution in [3.05, 3.63) is 119 Å². The summed E-state index contributed by atoms with van der Waals surface area (Å²) in [4.78, 5) is 85.3. The molecule has 6 amide bonds. The van der Waals surface area contributed by atoms with Crippen molar-refractivity contribution in [2.75, 3.05) is 74.7 Å². The zero-order valence-electron chi connectivity index (χ0n) is 36.9. The van der Waals surface area contributed by atoms with Gasteiger partial charge in [0.15, 0.2) is 0 Å². The third kappa shape index (κ3) is 10.9. The van der Waals surface area contributed by atoms with Crippen LogP contribution in [-0.4, -0.2) is 130 Å². The summed E-state index contributed by atoms with van der Waals surface area (Å²) in [6.45, 7) is 5.56. The van der Waals surface area contributed by atoms with E-state index in [2.05, 4.69) is 30.6 Å². The molecule has 0 bridgehead atoms. The average molecular weight is 933 g/mol. The van der Waals surface area contributed by atoms with Gasteiger partial charge in [-0.05, 0) is 79.9 Å². The van der Waals surface area contributed by atoms with Crippen molar-refractivity contribution in [1.82, 2.24) is 24.8 Å². The van der Waals surface area contributed by atoms with Crippen molar-refractivity contribution in [3.63, 3.8) is 0 Å². The second-order valence-electron chi connectivity index (χ2n) is 16.5. The molecule has 2 fully saturated rings. The number of ether oxygens (including phenoxy) is 2. The highest BCUT2D eigenvalue weighted by atomic mass is 32.2. The zero-order chi connectivity index (χ0) is 47.1. The molecule has 0 spiro atoms. The highest BCUT2D eigenvalue weighted by Gasteiger charge is 2.45. The predicted molar refractivity (Wildman–Crippen MR) is 249 cm³/mol. The number of piperazine rings is 1. The molecular weight excluding hydrogens is 881 g/mol. The number of imide groups is 2. The number of rotatable bonds is 19. The standard InChI is InChI=1S/C48H52N8O10S/c1-31-9-15-35(16-10-31)67(63,64)53-40(29-32-30-50-38-7-3-2-5-36(32)38)45(59)51-33-11-13-34(14-12-33)54-21-23-55(24-22-54)43(58)19-25-65-27-28-66-26-20-49-39-8-4-6-37-44(39)48(62)56(47(37)61)41-17-18-42(57)52-46(41)60/h2-16,30,40-41,49-50,53H,17-29H2,1H3,(H,51,59)(H,52,57,60)/t40-,41?/m0/s1. The van der Waals surface area contributed by atoms with E-state index in [0.29, 0.717) is 44.1 Å². The van der Waals surface area contributed by atoms with Crippen LogP contribution in [0.2, 0.25) is 0 Å². The number of para-hydroxylation sites is 1. The van der Waals surface area contributed by atoms with E-state index in [4.69, 9.17) is 9.47 Å². The molecular formula is C48H52N8O10S. The Labute approximate surface area is 387 Å². The number of carbonyl (C=O) groups excluding carboxylic acids is 6. The van der Waals surface area contributed by atoms with Gasteiger partial charge < -0.3 is 34.9 Å². The molecule has 67 heavy (non-hydrogen) atoms. The summed E-state index contributed by atoms with van der Waals surface area (Å²) < 4.78 is 40.9. The number of benzene rings is 4. The van der Waals surface area contributed by atoms with Gasteiger partial charge in [0, 0.05) is 73.3 Å². The maximum atomic E-state index is 13.8.